The summed E-state index contributed by atoms with van der Waals surface area (Å²) >= 11 is 0.884. The Morgan fingerprint density at radius 2 is 1.62 bits per heavy atom. The fraction of sp³-hybridized carbons (Fsp3) is 0.0870. The molecule has 0 saturated carbocycles. The van der Waals surface area contributed by atoms with Gasteiger partial charge in [0.1, 0.15) is 16.4 Å². The summed E-state index contributed by atoms with van der Waals surface area (Å²) in [6.45, 7) is -0.645. The third kappa shape index (κ3) is 4.36. The molecule has 0 aliphatic carbocycles. The maximum Gasteiger partial charge on any atom is 0.419 e. The highest BCUT2D eigenvalue weighted by Crippen LogP contribution is 2.41. The van der Waals surface area contributed by atoms with Crippen molar-refractivity contribution in [2.45, 2.75) is 17.6 Å². The van der Waals surface area contributed by atoms with Crippen molar-refractivity contribution in [3.05, 3.63) is 95.3 Å². The topological polar surface area (TPSA) is 74.7 Å². The van der Waals surface area contributed by atoms with Gasteiger partial charge in [0.15, 0.2) is 0 Å². The van der Waals surface area contributed by atoms with E-state index in [0.717, 1.165) is 21.7 Å². The molecular weight excluding hydrogens is 494 g/mol. The number of halogens is 4. The van der Waals surface area contributed by atoms with Crippen LogP contribution in [0.4, 0.5) is 22.6 Å². The van der Waals surface area contributed by atoms with E-state index in [0.29, 0.717) is 22.2 Å². The standard InChI is InChI=1S/C23H15F4NO4S2/c24-18-11-10-14(12-17(18)23(25,26)27)13-28(34(31,32)15-6-2-1-3-7-15)21-20(22(29)30)16-8-4-5-9-19(16)33-21/h1-12H,13H2,(H,29,30). The van der Waals surface area contributed by atoms with Gasteiger partial charge in [0.05, 0.1) is 17.0 Å². The zero-order valence-electron chi connectivity index (χ0n) is 17.1. The van der Waals surface area contributed by atoms with Gasteiger partial charge in [0, 0.05) is 10.1 Å². The first-order valence-corrected chi connectivity index (χ1v) is 11.9. The maximum absolute atomic E-state index is 13.8. The van der Waals surface area contributed by atoms with Gasteiger partial charge in [-0.1, -0.05) is 42.5 Å². The van der Waals surface area contributed by atoms with Crippen molar-refractivity contribution in [3.8, 4) is 0 Å². The molecule has 1 aromatic heterocycles. The number of carboxylic acid groups (broad SMARTS) is 1. The van der Waals surface area contributed by atoms with E-state index >= 15 is 0 Å². The molecule has 3 aromatic carbocycles. The van der Waals surface area contributed by atoms with Gasteiger partial charge in [-0.25, -0.2) is 17.6 Å². The predicted molar refractivity (Wildman–Crippen MR) is 120 cm³/mol. The predicted octanol–water partition coefficient (Wildman–Crippen LogP) is 6.15. The molecule has 0 unspecified atom stereocenters. The van der Waals surface area contributed by atoms with E-state index in [4.69, 9.17) is 0 Å². The van der Waals surface area contributed by atoms with E-state index in [-0.39, 0.29) is 21.0 Å². The van der Waals surface area contributed by atoms with Crippen LogP contribution in [0.25, 0.3) is 10.1 Å². The quantitative estimate of drug-likeness (QED) is 0.316. The normalized spacial score (nSPS) is 12.1. The van der Waals surface area contributed by atoms with Crippen LogP contribution in [0.1, 0.15) is 21.5 Å². The molecule has 4 rings (SSSR count). The molecule has 0 amide bonds. The van der Waals surface area contributed by atoms with Crippen molar-refractivity contribution in [2.75, 3.05) is 4.31 Å². The molecule has 0 aliphatic rings. The van der Waals surface area contributed by atoms with E-state index in [1.165, 1.54) is 30.3 Å². The minimum absolute atomic E-state index is 0.165. The van der Waals surface area contributed by atoms with Crippen LogP contribution in [0.3, 0.4) is 0 Å². The van der Waals surface area contributed by atoms with Crippen LogP contribution in [0.5, 0.6) is 0 Å². The first-order chi connectivity index (χ1) is 16.0. The molecule has 1 heterocycles. The first kappa shape index (κ1) is 23.7. The van der Waals surface area contributed by atoms with Crippen LogP contribution in [0.15, 0.2) is 77.7 Å². The summed E-state index contributed by atoms with van der Waals surface area (Å²) < 4.78 is 82.0. The molecule has 5 nitrogen and oxygen atoms in total. The van der Waals surface area contributed by atoms with E-state index in [2.05, 4.69) is 0 Å². The number of aromatic carboxylic acids is 1. The summed E-state index contributed by atoms with van der Waals surface area (Å²) in [6, 6.07) is 15.6. The average Bonchev–Trinajstić information content (AvgIpc) is 3.17. The second kappa shape index (κ2) is 8.73. The highest BCUT2D eigenvalue weighted by atomic mass is 32.2. The van der Waals surface area contributed by atoms with Crippen molar-refractivity contribution < 1.29 is 35.9 Å². The van der Waals surface area contributed by atoms with Crippen molar-refractivity contribution >= 4 is 42.4 Å². The van der Waals surface area contributed by atoms with Gasteiger partial charge in [-0.2, -0.15) is 13.2 Å². The van der Waals surface area contributed by atoms with Gasteiger partial charge < -0.3 is 5.11 Å². The van der Waals surface area contributed by atoms with Crippen LogP contribution in [-0.2, 0) is 22.7 Å². The lowest BCUT2D eigenvalue weighted by atomic mass is 10.1. The lowest BCUT2D eigenvalue weighted by Crippen LogP contribution is -2.31. The van der Waals surface area contributed by atoms with Crippen molar-refractivity contribution in [3.63, 3.8) is 0 Å². The number of anilines is 1. The van der Waals surface area contributed by atoms with Gasteiger partial charge in [0.25, 0.3) is 10.0 Å². The van der Waals surface area contributed by atoms with Gasteiger partial charge in [-0.15, -0.1) is 11.3 Å². The van der Waals surface area contributed by atoms with Crippen LogP contribution >= 0.6 is 11.3 Å². The smallest absolute Gasteiger partial charge is 0.419 e. The van der Waals surface area contributed by atoms with Crippen LogP contribution in [-0.4, -0.2) is 19.5 Å². The van der Waals surface area contributed by atoms with Crippen LogP contribution < -0.4 is 4.31 Å². The van der Waals surface area contributed by atoms with Gasteiger partial charge >= 0.3 is 12.1 Å². The fourth-order valence-electron chi connectivity index (χ4n) is 3.45. The second-order valence-corrected chi connectivity index (χ2v) is 10.1. The molecule has 4 aromatic rings. The van der Waals surface area contributed by atoms with Gasteiger partial charge in [0.2, 0.25) is 0 Å². The second-order valence-electron chi connectivity index (χ2n) is 7.22. The third-order valence-electron chi connectivity index (χ3n) is 5.01. The molecule has 0 atom stereocenters. The Morgan fingerprint density at radius 3 is 2.26 bits per heavy atom. The Morgan fingerprint density at radius 1 is 0.971 bits per heavy atom. The zero-order valence-corrected chi connectivity index (χ0v) is 18.7. The van der Waals surface area contributed by atoms with Crippen LogP contribution in [0.2, 0.25) is 0 Å². The molecule has 1 N–H and O–H groups in total. The number of carbonyl (C=O) groups is 1. The van der Waals surface area contributed by atoms with Crippen LogP contribution in [0, 0.1) is 5.82 Å². The van der Waals surface area contributed by atoms with E-state index in [9.17, 15) is 35.9 Å². The number of hydrogen-bond donors (Lipinski definition) is 1. The summed E-state index contributed by atoms with van der Waals surface area (Å²) in [4.78, 5) is 12.0. The molecule has 34 heavy (non-hydrogen) atoms. The summed E-state index contributed by atoms with van der Waals surface area (Å²) in [6.07, 6.45) is -4.99. The number of fused-ring (bicyclic) bond motifs is 1. The Balaban J connectivity index is 1.95. The zero-order chi connectivity index (χ0) is 24.7. The molecule has 0 aliphatic heterocycles. The highest BCUT2D eigenvalue weighted by Gasteiger charge is 2.36. The van der Waals surface area contributed by atoms with Gasteiger partial charge in [-0.3, -0.25) is 4.31 Å². The van der Waals surface area contributed by atoms with E-state index < -0.39 is 40.1 Å². The number of hydrogen-bond acceptors (Lipinski definition) is 4. The lowest BCUT2D eigenvalue weighted by molar-refractivity contribution is -0.140. The molecule has 176 valence electrons. The molecular formula is C23H15F4NO4S2. The number of sulfonamides is 1. The largest absolute Gasteiger partial charge is 0.478 e. The molecule has 0 fully saturated rings. The fourth-order valence-corrected chi connectivity index (χ4v) is 6.35. The van der Waals surface area contributed by atoms with Crippen molar-refractivity contribution in [1.29, 1.82) is 0 Å². The SMILES string of the molecule is O=C(O)c1c(N(Cc2ccc(F)c(C(F)(F)F)c2)S(=O)(=O)c2ccccc2)sc2ccccc12. The highest BCUT2D eigenvalue weighted by molar-refractivity contribution is 7.93. The molecule has 0 radical (unpaired) electrons. The lowest BCUT2D eigenvalue weighted by Gasteiger charge is -2.24. The number of thiophene rings is 1. The number of benzene rings is 3. The third-order valence-corrected chi connectivity index (χ3v) is 8.08. The molecule has 0 spiro atoms. The minimum atomic E-state index is -4.99. The summed E-state index contributed by atoms with van der Waals surface area (Å²) in [5.74, 6) is -2.89. The Hall–Kier alpha value is -3.44. The number of carboxylic acids is 1. The maximum atomic E-state index is 13.8. The van der Waals surface area contributed by atoms with Crippen molar-refractivity contribution in [1.82, 2.24) is 0 Å². The summed E-state index contributed by atoms with van der Waals surface area (Å²) in [5, 5.41) is 10.00. The first-order valence-electron chi connectivity index (χ1n) is 9.68. The Labute approximate surface area is 195 Å². The molecule has 0 saturated heterocycles. The number of alkyl halides is 3. The number of nitrogens with zero attached hydrogens (tertiary/aromatic N) is 1. The van der Waals surface area contributed by atoms with Crippen molar-refractivity contribution in [2.24, 2.45) is 0 Å². The Kier molecular flexibility index (Phi) is 6.09. The summed E-state index contributed by atoms with van der Waals surface area (Å²) in [7, 11) is -4.41. The Bertz CT molecular complexity index is 1480. The average molecular weight is 510 g/mol. The molecule has 11 heteroatoms. The minimum Gasteiger partial charge on any atom is -0.478 e. The van der Waals surface area contributed by atoms with E-state index in [1.54, 1.807) is 24.3 Å². The van der Waals surface area contributed by atoms with E-state index in [1.807, 2.05) is 0 Å². The molecule has 0 bridgehead atoms. The monoisotopic (exact) mass is 509 g/mol. The number of rotatable bonds is 6. The summed E-state index contributed by atoms with van der Waals surface area (Å²) in [5.41, 5.74) is -2.00. The van der Waals surface area contributed by atoms with Gasteiger partial charge in [-0.05, 0) is 35.9 Å².